The first-order valence-electron chi connectivity index (χ1n) is 3.58. The van der Waals surface area contributed by atoms with E-state index >= 15 is 0 Å². The van der Waals surface area contributed by atoms with Gasteiger partial charge >= 0.3 is 0 Å². The van der Waals surface area contributed by atoms with Gasteiger partial charge in [0, 0.05) is 12.4 Å². The number of halogens is 2. The van der Waals surface area contributed by atoms with Gasteiger partial charge in [-0.3, -0.25) is 4.57 Å². The maximum atomic E-state index is 13.0. The van der Waals surface area contributed by atoms with E-state index in [4.69, 9.17) is 0 Å². The quantitative estimate of drug-likeness (QED) is 0.594. The molecule has 0 bridgehead atoms. The highest BCUT2D eigenvalue weighted by molar-refractivity contribution is 14.1. The molecule has 0 aliphatic rings. The molecule has 0 spiro atoms. The molecule has 2 heterocycles. The molecule has 0 aromatic carbocycles. The largest absolute Gasteiger partial charge is 0.290 e. The van der Waals surface area contributed by atoms with Crippen molar-refractivity contribution in [1.82, 2.24) is 14.5 Å². The molecule has 3 nitrogen and oxygen atoms in total. The molecule has 0 atom stereocenters. The number of pyridine rings is 1. The third-order valence-electron chi connectivity index (χ3n) is 1.56. The molecule has 2 aromatic heterocycles. The van der Waals surface area contributed by atoms with E-state index in [2.05, 4.69) is 9.97 Å². The first kappa shape index (κ1) is 8.61. The highest BCUT2D eigenvalue weighted by Gasteiger charge is 2.02. The van der Waals surface area contributed by atoms with Gasteiger partial charge in [-0.05, 0) is 34.7 Å². The van der Waals surface area contributed by atoms with E-state index in [9.17, 15) is 4.39 Å². The Morgan fingerprint density at radius 1 is 1.38 bits per heavy atom. The Kier molecular flexibility index (Phi) is 2.26. The molecule has 0 fully saturated rings. The fourth-order valence-electron chi connectivity index (χ4n) is 0.946. The Labute approximate surface area is 87.8 Å². The Bertz CT molecular complexity index is 413. The van der Waals surface area contributed by atoms with Crippen molar-refractivity contribution in [3.05, 3.63) is 40.4 Å². The first-order valence-corrected chi connectivity index (χ1v) is 4.65. The molecule has 13 heavy (non-hydrogen) atoms. The smallest absolute Gasteiger partial charge is 0.228 e. The number of hydrogen-bond acceptors (Lipinski definition) is 2. The van der Waals surface area contributed by atoms with Gasteiger partial charge in [-0.2, -0.15) is 4.39 Å². The van der Waals surface area contributed by atoms with Crippen LogP contribution in [0.4, 0.5) is 4.39 Å². The van der Waals surface area contributed by atoms with Crippen LogP contribution in [0.1, 0.15) is 0 Å². The van der Waals surface area contributed by atoms with Crippen LogP contribution in [0.2, 0.25) is 0 Å². The predicted molar refractivity (Wildman–Crippen MR) is 54.0 cm³/mol. The zero-order chi connectivity index (χ0) is 9.26. The van der Waals surface area contributed by atoms with E-state index in [1.165, 1.54) is 0 Å². The van der Waals surface area contributed by atoms with Crippen molar-refractivity contribution in [3.8, 4) is 5.82 Å². The van der Waals surface area contributed by atoms with Gasteiger partial charge in [0.25, 0.3) is 0 Å². The highest BCUT2D eigenvalue weighted by Crippen LogP contribution is 2.11. The lowest BCUT2D eigenvalue weighted by molar-refractivity contribution is 0.572. The number of nitrogens with zero attached hydrogens (tertiary/aromatic N) is 3. The summed E-state index contributed by atoms with van der Waals surface area (Å²) >= 11 is 1.90. The van der Waals surface area contributed by atoms with Crippen LogP contribution >= 0.6 is 22.6 Å². The zero-order valence-corrected chi connectivity index (χ0v) is 8.64. The fraction of sp³-hybridized carbons (Fsp3) is 0. The maximum absolute atomic E-state index is 13.0. The average molecular weight is 289 g/mol. The minimum absolute atomic E-state index is 0.452. The molecule has 0 amide bonds. The van der Waals surface area contributed by atoms with Gasteiger partial charge in [0.1, 0.15) is 12.1 Å². The predicted octanol–water partition coefficient (Wildman–Crippen LogP) is 2.01. The summed E-state index contributed by atoms with van der Waals surface area (Å²) in [6.07, 6.45) is 4.92. The lowest BCUT2D eigenvalue weighted by Gasteiger charge is -2.00. The first-order chi connectivity index (χ1) is 6.27. The van der Waals surface area contributed by atoms with Gasteiger partial charge in [-0.1, -0.05) is 0 Å². The van der Waals surface area contributed by atoms with E-state index < -0.39 is 5.95 Å². The maximum Gasteiger partial charge on any atom is 0.228 e. The third-order valence-corrected chi connectivity index (χ3v) is 2.36. The van der Waals surface area contributed by atoms with Crippen molar-refractivity contribution in [2.75, 3.05) is 0 Å². The van der Waals surface area contributed by atoms with Crippen LogP contribution in [0, 0.1) is 9.52 Å². The van der Waals surface area contributed by atoms with E-state index in [0.29, 0.717) is 9.39 Å². The number of hydrogen-bond donors (Lipinski definition) is 0. The second kappa shape index (κ2) is 3.41. The summed E-state index contributed by atoms with van der Waals surface area (Å²) in [7, 11) is 0. The summed E-state index contributed by atoms with van der Waals surface area (Å²) in [5.74, 6) is 0.0854. The average Bonchev–Trinajstić information content (AvgIpc) is 2.62. The second-order valence-electron chi connectivity index (χ2n) is 2.41. The van der Waals surface area contributed by atoms with Gasteiger partial charge in [-0.25, -0.2) is 9.97 Å². The van der Waals surface area contributed by atoms with Crippen molar-refractivity contribution < 1.29 is 4.39 Å². The Morgan fingerprint density at radius 3 is 2.85 bits per heavy atom. The normalized spacial score (nSPS) is 10.3. The molecule has 2 aromatic rings. The van der Waals surface area contributed by atoms with Gasteiger partial charge in [0.05, 0.1) is 3.57 Å². The SMILES string of the molecule is Fc1nc(-n2ccnc2)ccc1I. The third kappa shape index (κ3) is 1.69. The molecular weight excluding hydrogens is 284 g/mol. The lowest BCUT2D eigenvalue weighted by atomic mass is 10.4. The summed E-state index contributed by atoms with van der Waals surface area (Å²) in [5, 5.41) is 0. The van der Waals surface area contributed by atoms with Crippen LogP contribution in [-0.2, 0) is 0 Å². The standard InChI is InChI=1S/C8H5FIN3/c9-8-6(10)1-2-7(12-8)13-4-3-11-5-13/h1-5H. The van der Waals surface area contributed by atoms with Crippen molar-refractivity contribution in [1.29, 1.82) is 0 Å². The van der Waals surface area contributed by atoms with Crippen LogP contribution < -0.4 is 0 Å². The summed E-state index contributed by atoms with van der Waals surface area (Å²) in [6.45, 7) is 0. The molecule has 0 radical (unpaired) electrons. The Hall–Kier alpha value is -0.980. The molecule has 0 aliphatic heterocycles. The van der Waals surface area contributed by atoms with Crippen molar-refractivity contribution >= 4 is 22.6 Å². The van der Waals surface area contributed by atoms with Crippen LogP contribution in [-0.4, -0.2) is 14.5 Å². The molecule has 0 aliphatic carbocycles. The van der Waals surface area contributed by atoms with E-state index in [0.717, 1.165) is 0 Å². The molecule has 66 valence electrons. The zero-order valence-electron chi connectivity index (χ0n) is 6.48. The molecular formula is C8H5FIN3. The Morgan fingerprint density at radius 2 is 2.23 bits per heavy atom. The van der Waals surface area contributed by atoms with E-state index in [1.54, 1.807) is 35.4 Å². The van der Waals surface area contributed by atoms with Crippen LogP contribution in [0.25, 0.3) is 5.82 Å². The van der Waals surface area contributed by atoms with Crippen molar-refractivity contribution in [2.24, 2.45) is 0 Å². The topological polar surface area (TPSA) is 30.7 Å². The minimum Gasteiger partial charge on any atom is -0.290 e. The van der Waals surface area contributed by atoms with Crippen LogP contribution in [0.3, 0.4) is 0 Å². The van der Waals surface area contributed by atoms with Gasteiger partial charge in [0.15, 0.2) is 0 Å². The summed E-state index contributed by atoms with van der Waals surface area (Å²) in [4.78, 5) is 7.61. The summed E-state index contributed by atoms with van der Waals surface area (Å²) in [6, 6.07) is 3.42. The number of rotatable bonds is 1. The molecule has 0 N–H and O–H groups in total. The van der Waals surface area contributed by atoms with Crippen LogP contribution in [0.15, 0.2) is 30.9 Å². The number of aromatic nitrogens is 3. The van der Waals surface area contributed by atoms with Gasteiger partial charge < -0.3 is 0 Å². The van der Waals surface area contributed by atoms with Crippen LogP contribution in [0.5, 0.6) is 0 Å². The monoisotopic (exact) mass is 289 g/mol. The molecule has 0 saturated heterocycles. The molecule has 0 unspecified atom stereocenters. The van der Waals surface area contributed by atoms with E-state index in [1.807, 2.05) is 22.6 Å². The lowest BCUT2D eigenvalue weighted by Crippen LogP contribution is -1.97. The van der Waals surface area contributed by atoms with E-state index in [-0.39, 0.29) is 0 Å². The molecule has 0 saturated carbocycles. The highest BCUT2D eigenvalue weighted by atomic mass is 127. The summed E-state index contributed by atoms with van der Waals surface area (Å²) in [5.41, 5.74) is 0. The second-order valence-corrected chi connectivity index (χ2v) is 3.57. The Balaban J connectivity index is 2.49. The minimum atomic E-state index is -0.452. The molecule has 2 rings (SSSR count). The fourth-order valence-corrected chi connectivity index (χ4v) is 1.25. The number of imidazole rings is 1. The molecule has 5 heteroatoms. The van der Waals surface area contributed by atoms with Crippen molar-refractivity contribution in [2.45, 2.75) is 0 Å². The van der Waals surface area contributed by atoms with Gasteiger partial charge in [0.2, 0.25) is 5.95 Å². The summed E-state index contributed by atoms with van der Waals surface area (Å²) < 4.78 is 15.2. The van der Waals surface area contributed by atoms with Crippen molar-refractivity contribution in [3.63, 3.8) is 0 Å². The van der Waals surface area contributed by atoms with Gasteiger partial charge in [-0.15, -0.1) is 0 Å².